The van der Waals surface area contributed by atoms with Gasteiger partial charge in [-0.05, 0) is 88.5 Å². The molecule has 2 aliphatic rings. The van der Waals surface area contributed by atoms with Gasteiger partial charge in [-0.3, -0.25) is 9.78 Å². The molecule has 0 saturated carbocycles. The number of likely N-dealkylation sites (tertiary alicyclic amines) is 1. The van der Waals surface area contributed by atoms with E-state index < -0.39 is 0 Å². The number of aryl methyl sites for hydroxylation is 2. The summed E-state index contributed by atoms with van der Waals surface area (Å²) in [5.74, 6) is 0.589. The summed E-state index contributed by atoms with van der Waals surface area (Å²) >= 11 is 13.8. The molecule has 1 aliphatic carbocycles. The first-order valence-electron chi connectivity index (χ1n) is 11.5. The molecule has 5 rings (SSSR count). The Morgan fingerprint density at radius 1 is 1.18 bits per heavy atom. The van der Waals surface area contributed by atoms with E-state index in [-0.39, 0.29) is 18.2 Å². The van der Waals surface area contributed by atoms with Crippen molar-refractivity contribution in [2.45, 2.75) is 38.0 Å². The van der Waals surface area contributed by atoms with Gasteiger partial charge in [0, 0.05) is 50.8 Å². The Bertz CT molecular complexity index is 1240. The molecule has 3 heterocycles. The minimum Gasteiger partial charge on any atom is -0.619 e. The van der Waals surface area contributed by atoms with Crippen LogP contribution in [0.25, 0.3) is 0 Å². The van der Waals surface area contributed by atoms with Crippen molar-refractivity contribution in [1.82, 2.24) is 9.88 Å². The van der Waals surface area contributed by atoms with E-state index in [9.17, 15) is 10.0 Å². The van der Waals surface area contributed by atoms with Crippen LogP contribution < -0.4 is 4.73 Å². The maximum atomic E-state index is 12.9. The lowest BCUT2D eigenvalue weighted by Gasteiger charge is -2.37. The van der Waals surface area contributed by atoms with Crippen LogP contribution in [0.3, 0.4) is 0 Å². The molecule has 0 unspecified atom stereocenters. The number of fused-ring (bicyclic) bond motifs is 2. The Balaban J connectivity index is 1.40. The summed E-state index contributed by atoms with van der Waals surface area (Å²) < 4.78 is 2.77. The van der Waals surface area contributed by atoms with Crippen LogP contribution in [-0.2, 0) is 24.1 Å². The van der Waals surface area contributed by atoms with E-state index in [1.54, 1.807) is 6.07 Å². The van der Waals surface area contributed by atoms with Crippen molar-refractivity contribution in [3.8, 4) is 0 Å². The predicted molar refractivity (Wildman–Crippen MR) is 139 cm³/mol. The van der Waals surface area contributed by atoms with E-state index in [0.717, 1.165) is 55.6 Å². The fourth-order valence-electron chi connectivity index (χ4n) is 5.40. The number of carbonyl (C=O) groups is 1. The quantitative estimate of drug-likeness (QED) is 0.288. The van der Waals surface area contributed by atoms with Crippen molar-refractivity contribution in [3.63, 3.8) is 0 Å². The lowest BCUT2D eigenvalue weighted by molar-refractivity contribution is -0.605. The van der Waals surface area contributed by atoms with E-state index in [1.807, 2.05) is 23.2 Å². The number of carbonyl (C=O) groups excluding carboxylic acids is 1. The SMILES string of the molecule is O=C(Cc1ccc[n+]([O-])c1)N1CCC([C@H]2c3ncc(Br)cc3CCc3cc(Cl)cc(Br)c32)CC1. The van der Waals surface area contributed by atoms with Gasteiger partial charge in [0.2, 0.25) is 5.91 Å². The van der Waals surface area contributed by atoms with Crippen LogP contribution >= 0.6 is 43.5 Å². The summed E-state index contributed by atoms with van der Waals surface area (Å²) in [4.78, 5) is 19.8. The number of amides is 1. The van der Waals surface area contributed by atoms with Crippen LogP contribution in [0.4, 0.5) is 0 Å². The first-order chi connectivity index (χ1) is 16.4. The summed E-state index contributed by atoms with van der Waals surface area (Å²) in [6, 6.07) is 9.77. The van der Waals surface area contributed by atoms with Crippen LogP contribution in [0.1, 0.15) is 46.7 Å². The van der Waals surface area contributed by atoms with Crippen molar-refractivity contribution in [2.75, 3.05) is 13.1 Å². The lowest BCUT2D eigenvalue weighted by atomic mass is 9.76. The standard InChI is InChI=1S/C26H24Br2ClN3O2/c27-20-11-19-4-3-18-12-21(29)13-22(28)24(18)25(26(19)30-14-20)17-5-8-31(9-6-17)23(33)10-16-2-1-7-32(34)15-16/h1-2,7,11-15,17,25H,3-6,8-10H2/t25-/m1/s1. The van der Waals surface area contributed by atoms with Gasteiger partial charge in [-0.25, -0.2) is 0 Å². The van der Waals surface area contributed by atoms with Gasteiger partial charge in [-0.15, -0.1) is 0 Å². The second-order valence-corrected chi connectivity index (χ2v) is 11.3. The van der Waals surface area contributed by atoms with Gasteiger partial charge in [0.15, 0.2) is 12.4 Å². The van der Waals surface area contributed by atoms with E-state index >= 15 is 0 Å². The molecule has 5 nitrogen and oxygen atoms in total. The van der Waals surface area contributed by atoms with E-state index in [2.05, 4.69) is 44.0 Å². The highest BCUT2D eigenvalue weighted by Crippen LogP contribution is 2.46. The zero-order valence-electron chi connectivity index (χ0n) is 18.5. The van der Waals surface area contributed by atoms with Gasteiger partial charge in [-0.1, -0.05) is 27.5 Å². The molecule has 0 bridgehead atoms. The van der Waals surface area contributed by atoms with Gasteiger partial charge in [0.05, 0.1) is 12.1 Å². The average molecular weight is 606 g/mol. The first kappa shape index (κ1) is 23.8. The fourth-order valence-corrected chi connectivity index (χ4v) is 6.90. The largest absolute Gasteiger partial charge is 0.619 e. The molecule has 1 atom stereocenters. The molecular formula is C26H24Br2ClN3O2. The minimum absolute atomic E-state index is 0.0707. The summed E-state index contributed by atoms with van der Waals surface area (Å²) in [5.41, 5.74) is 5.71. The van der Waals surface area contributed by atoms with E-state index in [4.69, 9.17) is 16.6 Å². The fraction of sp³-hybridized carbons (Fsp3) is 0.346. The molecule has 1 saturated heterocycles. The molecule has 1 aromatic carbocycles. The second kappa shape index (κ2) is 9.96. The molecule has 0 N–H and O–H groups in total. The van der Waals surface area contributed by atoms with Crippen molar-refractivity contribution >= 4 is 49.4 Å². The van der Waals surface area contributed by atoms with Crippen molar-refractivity contribution in [3.05, 3.63) is 96.0 Å². The molecule has 1 aliphatic heterocycles. The Kier molecular flexibility index (Phi) is 6.96. The Morgan fingerprint density at radius 3 is 2.71 bits per heavy atom. The van der Waals surface area contributed by atoms with Crippen LogP contribution in [0, 0.1) is 11.1 Å². The Morgan fingerprint density at radius 2 is 1.94 bits per heavy atom. The maximum Gasteiger partial charge on any atom is 0.227 e. The van der Waals surface area contributed by atoms with Gasteiger partial charge in [0.1, 0.15) is 0 Å². The molecule has 176 valence electrons. The minimum atomic E-state index is 0.0707. The average Bonchev–Trinajstić information content (AvgIpc) is 2.96. The second-order valence-electron chi connectivity index (χ2n) is 9.10. The van der Waals surface area contributed by atoms with Crippen LogP contribution in [0.2, 0.25) is 5.02 Å². The smallest absolute Gasteiger partial charge is 0.227 e. The van der Waals surface area contributed by atoms with Gasteiger partial charge < -0.3 is 10.1 Å². The molecule has 3 aromatic rings. The normalized spacial score (nSPS) is 18.2. The number of rotatable bonds is 3. The van der Waals surface area contributed by atoms with Gasteiger partial charge >= 0.3 is 0 Å². The molecule has 1 fully saturated rings. The molecule has 0 spiro atoms. The molecule has 34 heavy (non-hydrogen) atoms. The summed E-state index contributed by atoms with van der Waals surface area (Å²) in [6.07, 6.45) is 8.69. The lowest BCUT2D eigenvalue weighted by Crippen LogP contribution is -2.41. The third-order valence-electron chi connectivity index (χ3n) is 6.97. The van der Waals surface area contributed by atoms with Crippen LogP contribution in [0.5, 0.6) is 0 Å². The molecule has 1 amide bonds. The monoisotopic (exact) mass is 603 g/mol. The number of hydrogen-bond acceptors (Lipinski definition) is 3. The first-order valence-corrected chi connectivity index (χ1v) is 13.4. The zero-order valence-corrected chi connectivity index (χ0v) is 22.4. The highest BCUT2D eigenvalue weighted by Gasteiger charge is 2.36. The number of pyridine rings is 2. The molecule has 8 heteroatoms. The Hall–Kier alpha value is -1.96. The maximum absolute atomic E-state index is 12.9. The van der Waals surface area contributed by atoms with E-state index in [1.165, 1.54) is 29.1 Å². The van der Waals surface area contributed by atoms with E-state index in [0.29, 0.717) is 19.0 Å². The highest BCUT2D eigenvalue weighted by atomic mass is 79.9. The van der Waals surface area contributed by atoms with Crippen LogP contribution in [0.15, 0.2) is 57.9 Å². The van der Waals surface area contributed by atoms with Crippen LogP contribution in [-0.4, -0.2) is 28.9 Å². The summed E-state index contributed by atoms with van der Waals surface area (Å²) in [7, 11) is 0. The third-order valence-corrected chi connectivity index (χ3v) is 8.28. The highest BCUT2D eigenvalue weighted by molar-refractivity contribution is 9.10. The van der Waals surface area contributed by atoms with Gasteiger partial charge in [0.25, 0.3) is 0 Å². The van der Waals surface area contributed by atoms with Crippen molar-refractivity contribution in [2.24, 2.45) is 5.92 Å². The van der Waals surface area contributed by atoms with Crippen molar-refractivity contribution in [1.29, 1.82) is 0 Å². The number of benzene rings is 1. The third kappa shape index (κ3) is 4.88. The zero-order chi connectivity index (χ0) is 23.8. The predicted octanol–water partition coefficient (Wildman–Crippen LogP) is 5.61. The molecule has 0 radical (unpaired) electrons. The molecule has 2 aromatic heterocycles. The number of nitrogens with zero attached hydrogens (tertiary/aromatic N) is 3. The summed E-state index contributed by atoms with van der Waals surface area (Å²) in [6.45, 7) is 1.41. The number of aromatic nitrogens is 2. The number of halogens is 3. The topological polar surface area (TPSA) is 60.1 Å². The van der Waals surface area contributed by atoms with Gasteiger partial charge in [-0.2, -0.15) is 4.73 Å². The molecular weight excluding hydrogens is 582 g/mol. The number of hydrogen-bond donors (Lipinski definition) is 0. The Labute approximate surface area is 221 Å². The van der Waals surface area contributed by atoms with Crippen molar-refractivity contribution < 1.29 is 9.52 Å². The summed E-state index contributed by atoms with van der Waals surface area (Å²) in [5, 5.41) is 12.3. The number of piperidine rings is 1.